The molecule has 0 atom stereocenters. The van der Waals surface area contributed by atoms with E-state index < -0.39 is 0 Å². The van der Waals surface area contributed by atoms with Crippen molar-refractivity contribution in [2.24, 2.45) is 5.73 Å². The topological polar surface area (TPSA) is 87.4 Å². The summed E-state index contributed by atoms with van der Waals surface area (Å²) >= 11 is 4.45. The van der Waals surface area contributed by atoms with E-state index in [0.717, 1.165) is 69.9 Å². The number of aromatic nitrogens is 2. The predicted molar refractivity (Wildman–Crippen MR) is 180 cm³/mol. The fraction of sp³-hybridized carbons (Fsp3) is 0.586. The van der Waals surface area contributed by atoms with Crippen LogP contribution in [0.15, 0.2) is 36.7 Å². The van der Waals surface area contributed by atoms with E-state index in [2.05, 4.69) is 117 Å². The molecule has 0 bridgehead atoms. The standard InChI is InChI=1S/C13H19N3O.C12H19N3.C2H5I.C2H4I.V/c1-11-3-6-14-12(9-11)16-7-4-13(2,5-8-16)15-10-17;1-10-3-6-14-11(9-10)15-7-4-12(2,13)5-8-15;2*1-2-3;/h3,6,9-10H,4-5,7-8H2,1-2H3,(H,15,17);3,6,9H,4-5,7-8,13H2,1-2H3;2H2,1H3;2H,1H3;/q;;;-1;. The molecule has 219 valence electrons. The summed E-state index contributed by atoms with van der Waals surface area (Å²) in [5.74, 6) is 2.13. The summed E-state index contributed by atoms with van der Waals surface area (Å²) in [6.45, 7) is 16.4. The van der Waals surface area contributed by atoms with Gasteiger partial charge in [0.25, 0.3) is 0 Å². The van der Waals surface area contributed by atoms with Gasteiger partial charge in [0.05, 0.1) is 0 Å². The summed E-state index contributed by atoms with van der Waals surface area (Å²) in [7, 11) is 0. The van der Waals surface area contributed by atoms with E-state index in [0.29, 0.717) is 0 Å². The molecule has 2 aliphatic heterocycles. The first-order chi connectivity index (χ1) is 18.0. The number of carbonyl (C=O) groups is 1. The summed E-state index contributed by atoms with van der Waals surface area (Å²) in [5, 5.41) is 2.92. The third-order valence-electron chi connectivity index (χ3n) is 6.63. The predicted octanol–water partition coefficient (Wildman–Crippen LogP) is 6.24. The van der Waals surface area contributed by atoms with Crippen molar-refractivity contribution in [1.29, 1.82) is 0 Å². The van der Waals surface area contributed by atoms with Gasteiger partial charge < -0.3 is 43.4 Å². The first kappa shape index (κ1) is 38.4. The monoisotopic (exact) mass is 800 g/mol. The fourth-order valence-electron chi connectivity index (χ4n) is 4.15. The Labute approximate surface area is 276 Å². The number of amides is 1. The Kier molecular flexibility index (Phi) is 20.0. The number of piperidine rings is 2. The molecule has 2 aromatic heterocycles. The van der Waals surface area contributed by atoms with Gasteiger partial charge in [-0.3, -0.25) is 9.22 Å². The Hall–Kier alpha value is -0.626. The van der Waals surface area contributed by atoms with Gasteiger partial charge in [-0.25, -0.2) is 9.97 Å². The quantitative estimate of drug-likeness (QED) is 0.165. The van der Waals surface area contributed by atoms with Gasteiger partial charge in [-0.15, -0.1) is 0 Å². The third kappa shape index (κ3) is 15.3. The van der Waals surface area contributed by atoms with Crippen molar-refractivity contribution in [1.82, 2.24) is 15.3 Å². The van der Waals surface area contributed by atoms with E-state index in [-0.39, 0.29) is 29.6 Å². The molecule has 0 spiro atoms. The van der Waals surface area contributed by atoms with Crippen LogP contribution < -0.4 is 20.9 Å². The number of hydrogen-bond acceptors (Lipinski definition) is 6. The first-order valence-electron chi connectivity index (χ1n) is 13.3. The Morgan fingerprint density at radius 3 is 1.67 bits per heavy atom. The smallest absolute Gasteiger partial charge is 0.207 e. The Morgan fingerprint density at radius 2 is 1.33 bits per heavy atom. The number of alkyl halides is 1. The van der Waals surface area contributed by atoms with Gasteiger partial charge in [-0.2, -0.15) is 6.92 Å². The number of nitrogens with zero attached hydrogens (tertiary/aromatic N) is 4. The van der Waals surface area contributed by atoms with Gasteiger partial charge in [0.15, 0.2) is 0 Å². The maximum atomic E-state index is 10.5. The van der Waals surface area contributed by atoms with E-state index in [4.69, 9.17) is 5.73 Å². The zero-order chi connectivity index (χ0) is 28.6. The van der Waals surface area contributed by atoms with E-state index in [1.54, 1.807) is 0 Å². The van der Waals surface area contributed by atoms with E-state index in [9.17, 15) is 4.79 Å². The number of halogens is 2. The van der Waals surface area contributed by atoms with Crippen LogP contribution in [0.25, 0.3) is 0 Å². The SMILES string of the molecule is CCI.C[CH-]I.Cc1ccnc(N2CCC(C)(N)CC2)c1.Cc1ccnc(N2CCC(C)(NC=O)CC2)c1.[V]. The van der Waals surface area contributed by atoms with E-state index in [1.165, 1.54) is 15.6 Å². The molecule has 4 rings (SSSR count). The molecular weight excluding hydrogens is 753 g/mol. The van der Waals surface area contributed by atoms with Crippen LogP contribution in [0, 0.1) is 18.3 Å². The molecule has 2 aliphatic rings. The molecule has 4 heterocycles. The van der Waals surface area contributed by atoms with Crippen molar-refractivity contribution in [3.63, 3.8) is 0 Å². The zero-order valence-electron chi connectivity index (χ0n) is 24.5. The number of carbonyl (C=O) groups excluding carboxylic acids is 1. The van der Waals surface area contributed by atoms with Crippen LogP contribution in [0.2, 0.25) is 0 Å². The van der Waals surface area contributed by atoms with Crippen molar-refractivity contribution >= 4 is 63.2 Å². The molecule has 3 N–H and O–H groups in total. The number of hydrogen-bond donors (Lipinski definition) is 2. The molecule has 0 unspecified atom stereocenters. The number of pyridine rings is 2. The molecular formula is C29H47I2N6OV-. The molecule has 39 heavy (non-hydrogen) atoms. The van der Waals surface area contributed by atoms with Crippen molar-refractivity contribution in [2.45, 2.75) is 78.3 Å². The molecule has 2 aromatic rings. The van der Waals surface area contributed by atoms with Crippen LogP contribution in [0.5, 0.6) is 0 Å². The van der Waals surface area contributed by atoms with Crippen LogP contribution >= 0.6 is 45.2 Å². The van der Waals surface area contributed by atoms with Gasteiger partial charge in [0.1, 0.15) is 11.6 Å². The molecule has 0 saturated carbocycles. The summed E-state index contributed by atoms with van der Waals surface area (Å²) in [6, 6.07) is 8.28. The van der Waals surface area contributed by atoms with Crippen LogP contribution in [0.4, 0.5) is 11.6 Å². The largest absolute Gasteiger partial charge is 0.356 e. The molecule has 7 nitrogen and oxygen atoms in total. The number of aryl methyl sites for hydroxylation is 2. The number of anilines is 2. The van der Waals surface area contributed by atoms with Crippen molar-refractivity contribution in [3.8, 4) is 0 Å². The second-order valence-corrected chi connectivity index (χ2v) is 13.1. The van der Waals surface area contributed by atoms with Gasteiger partial charge in [0.2, 0.25) is 6.41 Å². The maximum Gasteiger partial charge on any atom is 0.207 e. The van der Waals surface area contributed by atoms with Crippen LogP contribution in [-0.2, 0) is 23.4 Å². The zero-order valence-corrected chi connectivity index (χ0v) is 30.2. The minimum atomic E-state index is -0.0535. The average molecular weight is 800 g/mol. The van der Waals surface area contributed by atoms with Gasteiger partial charge in [-0.1, -0.05) is 29.5 Å². The summed E-state index contributed by atoms with van der Waals surface area (Å²) in [6.07, 6.45) is 8.54. The summed E-state index contributed by atoms with van der Waals surface area (Å²) in [4.78, 5) is 23.9. The fourth-order valence-corrected chi connectivity index (χ4v) is 4.15. The average Bonchev–Trinajstić information content (AvgIpc) is 2.86. The Morgan fingerprint density at radius 1 is 0.974 bits per heavy atom. The maximum absolute atomic E-state index is 10.5. The Balaban J connectivity index is 0.000000606. The normalized spacial score (nSPS) is 16.9. The first-order valence-corrected chi connectivity index (χ1v) is 16.1. The molecule has 0 aliphatic carbocycles. The van der Waals surface area contributed by atoms with Crippen LogP contribution in [0.1, 0.15) is 64.5 Å². The molecule has 10 heteroatoms. The second kappa shape index (κ2) is 20.3. The van der Waals surface area contributed by atoms with Crippen molar-refractivity contribution in [3.05, 3.63) is 52.2 Å². The number of nitrogens with two attached hydrogens (primary N) is 1. The van der Waals surface area contributed by atoms with Gasteiger partial charge >= 0.3 is 0 Å². The molecule has 0 aromatic carbocycles. The molecule has 1 radical (unpaired) electrons. The molecule has 2 saturated heterocycles. The van der Waals surface area contributed by atoms with Gasteiger partial charge in [-0.05, 0) is 93.2 Å². The molecule has 1 amide bonds. The van der Waals surface area contributed by atoms with E-state index in [1.807, 2.05) is 35.9 Å². The van der Waals surface area contributed by atoms with E-state index >= 15 is 0 Å². The van der Waals surface area contributed by atoms with Crippen molar-refractivity contribution in [2.75, 3.05) is 40.4 Å². The number of rotatable bonds is 4. The van der Waals surface area contributed by atoms with Crippen LogP contribution in [0.3, 0.4) is 0 Å². The van der Waals surface area contributed by atoms with Gasteiger partial charge in [0, 0.05) is 68.2 Å². The second-order valence-electron chi connectivity index (χ2n) is 10.3. The summed E-state index contributed by atoms with van der Waals surface area (Å²) in [5.41, 5.74) is 8.56. The Bertz CT molecular complexity index is 929. The number of nitrogens with one attached hydrogen (secondary N) is 1. The molecule has 2 fully saturated rings. The van der Waals surface area contributed by atoms with Crippen LogP contribution in [-0.4, -0.2) is 58.1 Å². The minimum absolute atomic E-state index is 0. The third-order valence-corrected chi connectivity index (χ3v) is 6.63. The van der Waals surface area contributed by atoms with Crippen molar-refractivity contribution < 1.29 is 23.4 Å². The minimum Gasteiger partial charge on any atom is -0.356 e. The summed E-state index contributed by atoms with van der Waals surface area (Å²) < 4.78 is 3.19.